The lowest BCUT2D eigenvalue weighted by atomic mass is 10.2. The summed E-state index contributed by atoms with van der Waals surface area (Å²) in [5.74, 6) is 1.31. The number of rotatable bonds is 6. The summed E-state index contributed by atoms with van der Waals surface area (Å²) in [7, 11) is 3.21. The average molecular weight is 319 g/mol. The molecule has 116 valence electrons. The van der Waals surface area contributed by atoms with Crippen molar-refractivity contribution in [2.24, 2.45) is 5.92 Å². The fourth-order valence-electron chi connectivity index (χ4n) is 2.13. The van der Waals surface area contributed by atoms with Crippen LogP contribution in [0.1, 0.15) is 18.5 Å². The molecule has 22 heavy (non-hydrogen) atoms. The Morgan fingerprint density at radius 2 is 2.14 bits per heavy atom. The average Bonchev–Trinajstić information content (AvgIpc) is 3.30. The summed E-state index contributed by atoms with van der Waals surface area (Å²) in [5.41, 5.74) is 1.62. The minimum Gasteiger partial charge on any atom is -0.493 e. The van der Waals surface area contributed by atoms with E-state index in [1.165, 1.54) is 11.3 Å². The maximum absolute atomic E-state index is 11.6. The van der Waals surface area contributed by atoms with E-state index in [9.17, 15) is 4.79 Å². The van der Waals surface area contributed by atoms with E-state index < -0.39 is 0 Å². The van der Waals surface area contributed by atoms with Crippen LogP contribution in [-0.2, 0) is 16.1 Å². The maximum Gasteiger partial charge on any atom is 0.309 e. The molecule has 1 heterocycles. The number of carbonyl (C=O) groups excluding carboxylic acids is 1. The number of hydrogen-bond acceptors (Lipinski definition) is 6. The molecule has 0 atom stereocenters. The molecule has 1 aliphatic rings. The number of aromatic nitrogens is 1. The number of benzene rings is 1. The second kappa shape index (κ2) is 6.36. The van der Waals surface area contributed by atoms with Gasteiger partial charge in [0.25, 0.3) is 0 Å². The van der Waals surface area contributed by atoms with E-state index in [4.69, 9.17) is 14.2 Å². The van der Waals surface area contributed by atoms with E-state index >= 15 is 0 Å². The first kappa shape index (κ1) is 14.8. The summed E-state index contributed by atoms with van der Waals surface area (Å²) < 4.78 is 16.0. The first-order valence-electron chi connectivity index (χ1n) is 7.05. The molecule has 0 spiro atoms. The molecule has 0 radical (unpaired) electrons. The lowest BCUT2D eigenvalue weighted by Gasteiger charge is -2.10. The van der Waals surface area contributed by atoms with Crippen molar-refractivity contribution in [3.05, 3.63) is 29.3 Å². The second-order valence-corrected chi connectivity index (χ2v) is 5.93. The molecule has 1 aromatic carbocycles. The number of esters is 1. The zero-order valence-electron chi connectivity index (χ0n) is 12.5. The Morgan fingerprint density at radius 3 is 2.82 bits per heavy atom. The lowest BCUT2D eigenvalue weighted by Crippen LogP contribution is -2.06. The number of thiazole rings is 1. The minimum absolute atomic E-state index is 0.108. The van der Waals surface area contributed by atoms with E-state index in [-0.39, 0.29) is 18.5 Å². The zero-order chi connectivity index (χ0) is 15.5. The van der Waals surface area contributed by atoms with Gasteiger partial charge in [0.2, 0.25) is 0 Å². The van der Waals surface area contributed by atoms with Crippen LogP contribution in [0.4, 0.5) is 0 Å². The van der Waals surface area contributed by atoms with Crippen LogP contribution < -0.4 is 9.47 Å². The van der Waals surface area contributed by atoms with E-state index in [0.29, 0.717) is 11.5 Å². The van der Waals surface area contributed by atoms with E-state index in [1.54, 1.807) is 14.2 Å². The van der Waals surface area contributed by atoms with Crippen molar-refractivity contribution >= 4 is 17.3 Å². The van der Waals surface area contributed by atoms with Gasteiger partial charge in [0.1, 0.15) is 11.6 Å². The molecule has 0 bridgehead atoms. The van der Waals surface area contributed by atoms with Gasteiger partial charge in [-0.15, -0.1) is 11.3 Å². The highest BCUT2D eigenvalue weighted by atomic mass is 32.1. The molecular formula is C16H17NO4S. The molecule has 1 fully saturated rings. The number of hydrogen-bond donors (Lipinski definition) is 0. The molecule has 1 saturated carbocycles. The SMILES string of the molecule is COc1cccc(-c2nc(COC(=O)C3CC3)cs2)c1OC. The Labute approximate surface area is 132 Å². The molecule has 0 N–H and O–H groups in total. The monoisotopic (exact) mass is 319 g/mol. The standard InChI is InChI=1S/C16H17NO4S/c1-19-13-5-3-4-12(14(13)20-2)15-17-11(9-22-15)8-21-16(18)10-6-7-10/h3-5,9-10H,6-8H2,1-2H3. The highest BCUT2D eigenvalue weighted by Crippen LogP contribution is 2.39. The van der Waals surface area contributed by atoms with Crippen LogP contribution in [0.2, 0.25) is 0 Å². The Balaban J connectivity index is 1.77. The third-order valence-corrected chi connectivity index (χ3v) is 4.38. The number of carbonyl (C=O) groups is 1. The van der Waals surface area contributed by atoms with Crippen molar-refractivity contribution in [3.63, 3.8) is 0 Å². The smallest absolute Gasteiger partial charge is 0.309 e. The molecular weight excluding hydrogens is 302 g/mol. The fourth-order valence-corrected chi connectivity index (χ4v) is 2.96. The van der Waals surface area contributed by atoms with Gasteiger partial charge in [-0.2, -0.15) is 0 Å². The van der Waals surface area contributed by atoms with Gasteiger partial charge in [0.05, 0.1) is 31.4 Å². The van der Waals surface area contributed by atoms with Crippen molar-refractivity contribution in [1.29, 1.82) is 0 Å². The van der Waals surface area contributed by atoms with E-state index in [1.807, 2.05) is 23.6 Å². The third kappa shape index (κ3) is 3.06. The molecule has 1 aromatic heterocycles. The van der Waals surface area contributed by atoms with Crippen molar-refractivity contribution in [3.8, 4) is 22.1 Å². The summed E-state index contributed by atoms with van der Waals surface area (Å²) in [6.07, 6.45) is 1.89. The first-order chi connectivity index (χ1) is 10.7. The number of methoxy groups -OCH3 is 2. The molecule has 5 nitrogen and oxygen atoms in total. The van der Waals surface area contributed by atoms with Crippen molar-refractivity contribution in [1.82, 2.24) is 4.98 Å². The van der Waals surface area contributed by atoms with Crippen LogP contribution in [0.25, 0.3) is 10.6 Å². The molecule has 3 rings (SSSR count). The number of ether oxygens (including phenoxy) is 3. The van der Waals surface area contributed by atoms with E-state index in [0.717, 1.165) is 29.1 Å². The zero-order valence-corrected chi connectivity index (χ0v) is 13.3. The highest BCUT2D eigenvalue weighted by molar-refractivity contribution is 7.13. The van der Waals surface area contributed by atoms with Gasteiger partial charge in [0.15, 0.2) is 11.5 Å². The summed E-state index contributed by atoms with van der Waals surface area (Å²) in [6.45, 7) is 0.220. The maximum atomic E-state index is 11.6. The third-order valence-electron chi connectivity index (χ3n) is 3.46. The van der Waals surface area contributed by atoms with Gasteiger partial charge in [-0.3, -0.25) is 4.79 Å². The minimum atomic E-state index is -0.117. The predicted octanol–water partition coefficient (Wildman–Crippen LogP) is 3.28. The number of para-hydroxylation sites is 1. The summed E-state index contributed by atoms with van der Waals surface area (Å²) in [4.78, 5) is 16.1. The highest BCUT2D eigenvalue weighted by Gasteiger charge is 2.31. The van der Waals surface area contributed by atoms with Crippen LogP contribution in [0.3, 0.4) is 0 Å². The van der Waals surface area contributed by atoms with Gasteiger partial charge < -0.3 is 14.2 Å². The van der Waals surface area contributed by atoms with Crippen molar-refractivity contribution in [2.75, 3.05) is 14.2 Å². The van der Waals surface area contributed by atoms with Crippen LogP contribution in [-0.4, -0.2) is 25.2 Å². The molecule has 0 unspecified atom stereocenters. The largest absolute Gasteiger partial charge is 0.493 e. The second-order valence-electron chi connectivity index (χ2n) is 5.07. The topological polar surface area (TPSA) is 57.7 Å². The van der Waals surface area contributed by atoms with Gasteiger partial charge in [-0.1, -0.05) is 6.07 Å². The normalized spacial score (nSPS) is 13.7. The molecule has 6 heteroatoms. The van der Waals surface area contributed by atoms with Gasteiger partial charge in [0, 0.05) is 5.38 Å². The molecule has 0 saturated heterocycles. The Bertz CT molecular complexity index is 679. The summed E-state index contributed by atoms with van der Waals surface area (Å²) in [6, 6.07) is 5.67. The van der Waals surface area contributed by atoms with Crippen LogP contribution in [0.5, 0.6) is 11.5 Å². The quantitative estimate of drug-likeness (QED) is 0.765. The summed E-state index contributed by atoms with van der Waals surface area (Å²) in [5, 5.41) is 2.71. The van der Waals surface area contributed by atoms with Crippen molar-refractivity contribution < 1.29 is 19.0 Å². The molecule has 2 aromatic rings. The van der Waals surface area contributed by atoms with Crippen molar-refractivity contribution in [2.45, 2.75) is 19.4 Å². The van der Waals surface area contributed by atoms with Crippen LogP contribution in [0, 0.1) is 5.92 Å². The Morgan fingerprint density at radius 1 is 1.32 bits per heavy atom. The Hall–Kier alpha value is -2.08. The Kier molecular flexibility index (Phi) is 4.29. The van der Waals surface area contributed by atoms with Crippen LogP contribution >= 0.6 is 11.3 Å². The first-order valence-corrected chi connectivity index (χ1v) is 7.93. The van der Waals surface area contributed by atoms with Gasteiger partial charge >= 0.3 is 5.97 Å². The molecule has 0 aliphatic heterocycles. The van der Waals surface area contributed by atoms with Gasteiger partial charge in [-0.05, 0) is 25.0 Å². The van der Waals surface area contributed by atoms with E-state index in [2.05, 4.69) is 4.98 Å². The van der Waals surface area contributed by atoms with Crippen LogP contribution in [0.15, 0.2) is 23.6 Å². The number of nitrogens with zero attached hydrogens (tertiary/aromatic N) is 1. The fraction of sp³-hybridized carbons (Fsp3) is 0.375. The molecule has 1 aliphatic carbocycles. The predicted molar refractivity (Wildman–Crippen MR) is 83.2 cm³/mol. The van der Waals surface area contributed by atoms with Gasteiger partial charge in [-0.25, -0.2) is 4.98 Å². The molecule has 0 amide bonds. The lowest BCUT2D eigenvalue weighted by molar-refractivity contribution is -0.146. The summed E-state index contributed by atoms with van der Waals surface area (Å²) >= 11 is 1.49.